The van der Waals surface area contributed by atoms with Crippen LogP contribution in [0.5, 0.6) is 0 Å². The molecule has 1 aliphatic carbocycles. The Balaban J connectivity index is 2.16. The molecule has 0 aromatic heterocycles. The van der Waals surface area contributed by atoms with E-state index in [1.807, 2.05) is 0 Å². The number of nitrogens with one attached hydrogen (secondary N) is 1. The number of halogens is 3. The normalized spacial score (nSPS) is 16.8. The smallest absolute Gasteiger partial charge is 0.416 e. The lowest BCUT2D eigenvalue weighted by atomic mass is 10.1. The van der Waals surface area contributed by atoms with Gasteiger partial charge >= 0.3 is 12.1 Å². The molecule has 110 valence electrons. The van der Waals surface area contributed by atoms with Gasteiger partial charge in [0.2, 0.25) is 0 Å². The van der Waals surface area contributed by atoms with Gasteiger partial charge in [0.25, 0.3) is 0 Å². The number of hydrogen-bond acceptors (Lipinski definition) is 3. The highest BCUT2D eigenvalue weighted by atomic mass is 19.4. The summed E-state index contributed by atoms with van der Waals surface area (Å²) in [4.78, 5) is 11.0. The summed E-state index contributed by atoms with van der Waals surface area (Å²) in [7, 11) is 0. The van der Waals surface area contributed by atoms with Crippen molar-refractivity contribution in [3.63, 3.8) is 0 Å². The molecule has 0 spiro atoms. The first-order valence-corrected chi connectivity index (χ1v) is 6.15. The number of anilines is 1. The summed E-state index contributed by atoms with van der Waals surface area (Å²) in [5.74, 6) is -1.25. The average Bonchev–Trinajstić information content (AvgIpc) is 3.18. The van der Waals surface area contributed by atoms with Crippen molar-refractivity contribution < 1.29 is 28.2 Å². The minimum absolute atomic E-state index is 0.0743. The van der Waals surface area contributed by atoms with Crippen LogP contribution in [0.2, 0.25) is 0 Å². The maximum Gasteiger partial charge on any atom is 0.416 e. The van der Waals surface area contributed by atoms with E-state index in [1.54, 1.807) is 0 Å². The molecule has 0 saturated heterocycles. The van der Waals surface area contributed by atoms with Crippen LogP contribution in [0.1, 0.15) is 28.8 Å². The van der Waals surface area contributed by atoms with E-state index in [2.05, 4.69) is 5.32 Å². The zero-order chi connectivity index (χ0) is 14.9. The van der Waals surface area contributed by atoms with Crippen molar-refractivity contribution in [2.45, 2.75) is 25.1 Å². The average molecular weight is 289 g/mol. The zero-order valence-corrected chi connectivity index (χ0v) is 10.4. The Morgan fingerprint density at radius 2 is 2.05 bits per heavy atom. The summed E-state index contributed by atoms with van der Waals surface area (Å²) in [6.45, 7) is 0.121. The van der Waals surface area contributed by atoms with Gasteiger partial charge in [0.05, 0.1) is 17.2 Å². The zero-order valence-electron chi connectivity index (χ0n) is 10.4. The molecule has 0 heterocycles. The Hall–Kier alpha value is -1.76. The molecule has 1 aromatic carbocycles. The van der Waals surface area contributed by atoms with Gasteiger partial charge in [0.1, 0.15) is 0 Å². The largest absolute Gasteiger partial charge is 0.478 e. The summed E-state index contributed by atoms with van der Waals surface area (Å²) >= 11 is 0. The van der Waals surface area contributed by atoms with Crippen LogP contribution in [0.25, 0.3) is 0 Å². The molecule has 1 fully saturated rings. The van der Waals surface area contributed by atoms with E-state index in [9.17, 15) is 23.1 Å². The van der Waals surface area contributed by atoms with E-state index in [4.69, 9.17) is 5.11 Å². The fourth-order valence-electron chi connectivity index (χ4n) is 1.91. The highest BCUT2D eigenvalue weighted by molar-refractivity contribution is 5.94. The lowest BCUT2D eigenvalue weighted by molar-refractivity contribution is -0.137. The summed E-state index contributed by atoms with van der Waals surface area (Å²) < 4.78 is 37.6. The molecule has 1 aliphatic rings. The van der Waals surface area contributed by atoms with Crippen LogP contribution >= 0.6 is 0 Å². The van der Waals surface area contributed by atoms with Crippen molar-refractivity contribution >= 4 is 11.7 Å². The van der Waals surface area contributed by atoms with Crippen LogP contribution in [0.4, 0.5) is 18.9 Å². The fraction of sp³-hybridized carbons (Fsp3) is 0.462. The molecule has 0 amide bonds. The predicted octanol–water partition coefficient (Wildman–Crippen LogP) is 2.59. The first-order chi connectivity index (χ1) is 9.29. The standard InChI is InChI=1S/C13H14F3NO3/c14-13(15,16)8-3-4-10(9(5-8)12(19)20)17-6-11(18)7-1-2-7/h3-5,7,11,17-18H,1-2,6H2,(H,19,20). The second-order valence-electron chi connectivity index (χ2n) is 4.85. The number of carbonyl (C=O) groups is 1. The topological polar surface area (TPSA) is 69.6 Å². The maximum absolute atomic E-state index is 12.5. The van der Waals surface area contributed by atoms with Crippen molar-refractivity contribution in [3.8, 4) is 0 Å². The van der Waals surface area contributed by atoms with Gasteiger partial charge in [-0.1, -0.05) is 0 Å². The third kappa shape index (κ3) is 3.41. The summed E-state index contributed by atoms with van der Waals surface area (Å²) in [5.41, 5.74) is -1.39. The van der Waals surface area contributed by atoms with Crippen molar-refractivity contribution in [2.24, 2.45) is 5.92 Å². The molecule has 1 atom stereocenters. The lowest BCUT2D eigenvalue weighted by Crippen LogP contribution is -2.22. The van der Waals surface area contributed by atoms with Crippen molar-refractivity contribution in [1.29, 1.82) is 0 Å². The molecule has 0 aliphatic heterocycles. The van der Waals surface area contributed by atoms with Crippen LogP contribution in [-0.2, 0) is 6.18 Å². The molecule has 4 nitrogen and oxygen atoms in total. The Morgan fingerprint density at radius 1 is 1.40 bits per heavy atom. The first-order valence-electron chi connectivity index (χ1n) is 6.15. The molecule has 7 heteroatoms. The summed E-state index contributed by atoms with van der Waals surface area (Å²) in [6.07, 6.45) is -3.36. The van der Waals surface area contributed by atoms with Crippen LogP contribution in [0, 0.1) is 5.92 Å². The van der Waals surface area contributed by atoms with Crippen molar-refractivity contribution in [2.75, 3.05) is 11.9 Å². The summed E-state index contributed by atoms with van der Waals surface area (Å²) in [5, 5.41) is 21.3. The molecule has 2 rings (SSSR count). The number of hydrogen-bond donors (Lipinski definition) is 3. The Morgan fingerprint density at radius 3 is 2.55 bits per heavy atom. The molecule has 0 radical (unpaired) electrons. The monoisotopic (exact) mass is 289 g/mol. The fourth-order valence-corrected chi connectivity index (χ4v) is 1.91. The lowest BCUT2D eigenvalue weighted by Gasteiger charge is -2.15. The number of carboxylic acid groups (broad SMARTS) is 1. The predicted molar refractivity (Wildman–Crippen MR) is 65.6 cm³/mol. The molecule has 1 saturated carbocycles. The third-order valence-corrected chi connectivity index (χ3v) is 3.25. The number of aliphatic hydroxyl groups excluding tert-OH is 1. The van der Waals surface area contributed by atoms with Crippen LogP contribution in [-0.4, -0.2) is 28.8 Å². The van der Waals surface area contributed by atoms with Crippen molar-refractivity contribution in [1.82, 2.24) is 0 Å². The Labute approximate surface area is 113 Å². The van der Waals surface area contributed by atoms with E-state index >= 15 is 0 Å². The van der Waals surface area contributed by atoms with Gasteiger partial charge in [-0.3, -0.25) is 0 Å². The van der Waals surface area contributed by atoms with Gasteiger partial charge in [-0.05, 0) is 37.0 Å². The van der Waals surface area contributed by atoms with Gasteiger partial charge in [0.15, 0.2) is 0 Å². The summed E-state index contributed by atoms with van der Waals surface area (Å²) in [6, 6.07) is 2.48. The van der Waals surface area contributed by atoms with Crippen LogP contribution < -0.4 is 5.32 Å². The van der Waals surface area contributed by atoms with Gasteiger partial charge in [-0.2, -0.15) is 13.2 Å². The number of aliphatic hydroxyl groups is 1. The molecule has 1 unspecified atom stereocenters. The minimum atomic E-state index is -4.59. The number of carboxylic acids is 1. The van der Waals surface area contributed by atoms with Gasteiger partial charge in [-0.15, -0.1) is 0 Å². The van der Waals surface area contributed by atoms with E-state index in [0.717, 1.165) is 25.0 Å². The van der Waals surface area contributed by atoms with Crippen LogP contribution in [0.3, 0.4) is 0 Å². The van der Waals surface area contributed by atoms with E-state index in [1.165, 1.54) is 0 Å². The van der Waals surface area contributed by atoms with Gasteiger partial charge in [-0.25, -0.2) is 4.79 Å². The Kier molecular flexibility index (Phi) is 3.89. The Bertz CT molecular complexity index is 512. The first kappa shape index (κ1) is 14.6. The number of benzene rings is 1. The van der Waals surface area contributed by atoms with Gasteiger partial charge < -0.3 is 15.5 Å². The molecular weight excluding hydrogens is 275 g/mol. The number of rotatable bonds is 5. The molecule has 3 N–H and O–H groups in total. The molecule has 20 heavy (non-hydrogen) atoms. The van der Waals surface area contributed by atoms with Crippen molar-refractivity contribution in [3.05, 3.63) is 29.3 Å². The van der Waals surface area contributed by atoms with E-state index in [0.29, 0.717) is 6.07 Å². The van der Waals surface area contributed by atoms with E-state index in [-0.39, 0.29) is 18.2 Å². The SMILES string of the molecule is O=C(O)c1cc(C(F)(F)F)ccc1NCC(O)C1CC1. The molecule has 0 bridgehead atoms. The quantitative estimate of drug-likeness (QED) is 0.779. The van der Waals surface area contributed by atoms with E-state index < -0.39 is 29.4 Å². The second-order valence-corrected chi connectivity index (χ2v) is 4.85. The molecule has 1 aromatic rings. The highest BCUT2D eigenvalue weighted by Crippen LogP contribution is 2.34. The highest BCUT2D eigenvalue weighted by Gasteiger charge is 2.32. The second kappa shape index (κ2) is 5.32. The molecular formula is C13H14F3NO3. The third-order valence-electron chi connectivity index (χ3n) is 3.25. The van der Waals surface area contributed by atoms with Gasteiger partial charge in [0, 0.05) is 12.2 Å². The maximum atomic E-state index is 12.5. The number of aromatic carboxylic acids is 1. The number of alkyl halides is 3. The minimum Gasteiger partial charge on any atom is -0.478 e. The van der Waals surface area contributed by atoms with Crippen LogP contribution in [0.15, 0.2) is 18.2 Å².